The molecule has 1 aliphatic heterocycles. The van der Waals surface area contributed by atoms with Crippen molar-refractivity contribution < 1.29 is 4.79 Å². The van der Waals surface area contributed by atoms with Gasteiger partial charge >= 0.3 is 0 Å². The molecule has 3 nitrogen and oxygen atoms in total. The number of carbonyl (C=O) groups is 1. The van der Waals surface area contributed by atoms with Crippen LogP contribution in [0.25, 0.3) is 0 Å². The van der Waals surface area contributed by atoms with Crippen molar-refractivity contribution in [2.75, 3.05) is 26.7 Å². The third-order valence-electron chi connectivity index (χ3n) is 5.12. The monoisotopic (exact) mass is 288 g/mol. The van der Waals surface area contributed by atoms with E-state index in [0.29, 0.717) is 5.41 Å². The van der Waals surface area contributed by atoms with Gasteiger partial charge in [-0.2, -0.15) is 0 Å². The average molecular weight is 288 g/mol. The van der Waals surface area contributed by atoms with Crippen LogP contribution in [-0.4, -0.2) is 37.5 Å². The van der Waals surface area contributed by atoms with Gasteiger partial charge in [0.2, 0.25) is 0 Å². The molecule has 1 N–H and O–H groups in total. The van der Waals surface area contributed by atoms with Gasteiger partial charge in [-0.25, -0.2) is 0 Å². The van der Waals surface area contributed by atoms with Crippen LogP contribution in [0.15, 0.2) is 24.3 Å². The lowest BCUT2D eigenvalue weighted by atomic mass is 9.82. The molecule has 1 aromatic carbocycles. The van der Waals surface area contributed by atoms with Crippen LogP contribution in [0.3, 0.4) is 0 Å². The van der Waals surface area contributed by atoms with E-state index in [9.17, 15) is 4.79 Å². The summed E-state index contributed by atoms with van der Waals surface area (Å²) in [5, 5.41) is 3.16. The van der Waals surface area contributed by atoms with Gasteiger partial charge in [0.1, 0.15) is 0 Å². The predicted octanol–water partition coefficient (Wildman–Crippen LogP) is 3.10. The summed E-state index contributed by atoms with van der Waals surface area (Å²) >= 11 is 0. The summed E-state index contributed by atoms with van der Waals surface area (Å²) in [6, 6.07) is 8.05. The summed E-state index contributed by atoms with van der Waals surface area (Å²) in [4.78, 5) is 14.9. The molecule has 0 spiro atoms. The number of rotatable bonds is 6. The average Bonchev–Trinajstić information content (AvgIpc) is 2.98. The lowest BCUT2D eigenvalue weighted by molar-refractivity contribution is 0.0769. The number of carbonyl (C=O) groups excluding carboxylic acids is 1. The summed E-state index contributed by atoms with van der Waals surface area (Å²) in [7, 11) is 1.95. The number of benzene rings is 1. The summed E-state index contributed by atoms with van der Waals surface area (Å²) in [6.45, 7) is 7.22. The standard InChI is InChI=1S/C18H28N2O/c1-4-18(5-2)11-13-20(14-18)17(21)16-9-7-6-8-15(16)10-12-19-3/h6-9,19H,4-5,10-14H2,1-3H3. The van der Waals surface area contributed by atoms with Gasteiger partial charge in [-0.05, 0) is 56.3 Å². The van der Waals surface area contributed by atoms with Gasteiger partial charge in [0.15, 0.2) is 0 Å². The van der Waals surface area contributed by atoms with Crippen molar-refractivity contribution in [3.63, 3.8) is 0 Å². The normalized spacial score (nSPS) is 17.2. The Kier molecular flexibility index (Phi) is 5.40. The first-order valence-corrected chi connectivity index (χ1v) is 8.17. The number of amides is 1. The van der Waals surface area contributed by atoms with E-state index < -0.39 is 0 Å². The Morgan fingerprint density at radius 2 is 2.00 bits per heavy atom. The van der Waals surface area contributed by atoms with Crippen molar-refractivity contribution in [2.24, 2.45) is 5.41 Å². The zero-order chi connectivity index (χ0) is 15.3. The first-order valence-electron chi connectivity index (χ1n) is 8.17. The lowest BCUT2D eigenvalue weighted by Crippen LogP contribution is -2.32. The first-order chi connectivity index (χ1) is 10.2. The van der Waals surface area contributed by atoms with E-state index in [4.69, 9.17) is 0 Å². The Bertz CT molecular complexity index is 480. The Hall–Kier alpha value is -1.35. The summed E-state index contributed by atoms with van der Waals surface area (Å²) in [5.74, 6) is 0.213. The fourth-order valence-corrected chi connectivity index (χ4v) is 3.31. The van der Waals surface area contributed by atoms with E-state index in [2.05, 4.69) is 30.1 Å². The number of nitrogens with one attached hydrogen (secondary N) is 1. The number of hydrogen-bond acceptors (Lipinski definition) is 2. The van der Waals surface area contributed by atoms with Crippen molar-refractivity contribution in [1.29, 1.82) is 0 Å². The second-order valence-electron chi connectivity index (χ2n) is 6.19. The summed E-state index contributed by atoms with van der Waals surface area (Å²) < 4.78 is 0. The van der Waals surface area contributed by atoms with Crippen molar-refractivity contribution >= 4 is 5.91 Å². The van der Waals surface area contributed by atoms with Crippen LogP contribution in [0.4, 0.5) is 0 Å². The molecule has 1 amide bonds. The Balaban J connectivity index is 2.14. The van der Waals surface area contributed by atoms with Crippen molar-refractivity contribution in [3.8, 4) is 0 Å². The van der Waals surface area contributed by atoms with Gasteiger partial charge in [0.25, 0.3) is 5.91 Å². The Morgan fingerprint density at radius 3 is 2.62 bits per heavy atom. The molecule has 0 saturated carbocycles. The summed E-state index contributed by atoms with van der Waals surface area (Å²) in [5.41, 5.74) is 2.38. The van der Waals surface area contributed by atoms with Crippen LogP contribution in [-0.2, 0) is 6.42 Å². The molecule has 2 rings (SSSR count). The third kappa shape index (κ3) is 3.46. The zero-order valence-corrected chi connectivity index (χ0v) is 13.6. The predicted molar refractivity (Wildman–Crippen MR) is 87.6 cm³/mol. The maximum Gasteiger partial charge on any atom is 0.254 e. The molecule has 116 valence electrons. The van der Waals surface area contributed by atoms with E-state index in [1.165, 1.54) is 0 Å². The van der Waals surface area contributed by atoms with Gasteiger partial charge < -0.3 is 10.2 Å². The highest BCUT2D eigenvalue weighted by Gasteiger charge is 2.37. The molecule has 3 heteroatoms. The number of likely N-dealkylation sites (N-methyl/N-ethyl adjacent to an activating group) is 1. The van der Waals surface area contributed by atoms with E-state index >= 15 is 0 Å². The fraction of sp³-hybridized carbons (Fsp3) is 0.611. The maximum atomic E-state index is 12.9. The van der Waals surface area contributed by atoms with Crippen molar-refractivity contribution in [3.05, 3.63) is 35.4 Å². The Morgan fingerprint density at radius 1 is 1.29 bits per heavy atom. The minimum absolute atomic E-state index is 0.213. The van der Waals surface area contributed by atoms with Crippen molar-refractivity contribution in [2.45, 2.75) is 39.5 Å². The highest BCUT2D eigenvalue weighted by molar-refractivity contribution is 5.96. The quantitative estimate of drug-likeness (QED) is 0.872. The number of nitrogens with zero attached hydrogens (tertiary/aromatic N) is 1. The van der Waals surface area contributed by atoms with Gasteiger partial charge in [-0.15, -0.1) is 0 Å². The molecule has 21 heavy (non-hydrogen) atoms. The topological polar surface area (TPSA) is 32.3 Å². The minimum atomic E-state index is 0.213. The fourth-order valence-electron chi connectivity index (χ4n) is 3.31. The zero-order valence-electron chi connectivity index (χ0n) is 13.6. The second-order valence-corrected chi connectivity index (χ2v) is 6.19. The molecule has 1 heterocycles. The second kappa shape index (κ2) is 7.08. The molecule has 1 fully saturated rings. The van der Waals surface area contributed by atoms with Gasteiger partial charge in [0.05, 0.1) is 0 Å². The maximum absolute atomic E-state index is 12.9. The molecule has 1 aliphatic rings. The van der Waals surface area contributed by atoms with Crippen LogP contribution < -0.4 is 5.32 Å². The molecule has 0 radical (unpaired) electrons. The highest BCUT2D eigenvalue weighted by Crippen LogP contribution is 2.37. The number of likely N-dealkylation sites (tertiary alicyclic amines) is 1. The summed E-state index contributed by atoms with van der Waals surface area (Å²) in [6.07, 6.45) is 4.37. The minimum Gasteiger partial charge on any atom is -0.338 e. The van der Waals surface area contributed by atoms with Crippen LogP contribution >= 0.6 is 0 Å². The molecular weight excluding hydrogens is 260 g/mol. The largest absolute Gasteiger partial charge is 0.338 e. The van der Waals surface area contributed by atoms with E-state index in [1.807, 2.05) is 25.2 Å². The van der Waals surface area contributed by atoms with Gasteiger partial charge in [-0.1, -0.05) is 32.0 Å². The molecule has 0 aromatic heterocycles. The third-order valence-corrected chi connectivity index (χ3v) is 5.12. The first kappa shape index (κ1) is 16.0. The van der Waals surface area contributed by atoms with Crippen LogP contribution in [0.5, 0.6) is 0 Å². The lowest BCUT2D eigenvalue weighted by Gasteiger charge is -2.26. The highest BCUT2D eigenvalue weighted by atomic mass is 16.2. The number of hydrogen-bond donors (Lipinski definition) is 1. The smallest absolute Gasteiger partial charge is 0.254 e. The van der Waals surface area contributed by atoms with E-state index in [1.54, 1.807) is 0 Å². The van der Waals surface area contributed by atoms with Crippen molar-refractivity contribution in [1.82, 2.24) is 10.2 Å². The molecular formula is C18H28N2O. The van der Waals surface area contributed by atoms with E-state index in [-0.39, 0.29) is 5.91 Å². The molecule has 0 unspecified atom stereocenters. The van der Waals surface area contributed by atoms with Crippen LogP contribution in [0.2, 0.25) is 0 Å². The Labute approximate surface area is 128 Å². The van der Waals surface area contributed by atoms with E-state index in [0.717, 1.165) is 56.4 Å². The SMILES string of the molecule is CCC1(CC)CCN(C(=O)c2ccccc2CCNC)C1. The molecule has 1 saturated heterocycles. The molecule has 1 aromatic rings. The molecule has 0 atom stereocenters. The van der Waals surface area contributed by atoms with Gasteiger partial charge in [0, 0.05) is 18.7 Å². The van der Waals surface area contributed by atoms with Crippen LogP contribution in [0, 0.1) is 5.41 Å². The van der Waals surface area contributed by atoms with Gasteiger partial charge in [-0.3, -0.25) is 4.79 Å². The molecule has 0 bridgehead atoms. The van der Waals surface area contributed by atoms with Crippen LogP contribution in [0.1, 0.15) is 49.0 Å². The molecule has 0 aliphatic carbocycles.